The van der Waals surface area contributed by atoms with E-state index in [9.17, 15) is 9.18 Å². The summed E-state index contributed by atoms with van der Waals surface area (Å²) < 4.78 is 31.9. The molecule has 1 aromatic rings. The molecule has 0 aliphatic carbocycles. The van der Waals surface area contributed by atoms with Crippen LogP contribution in [0.5, 0.6) is 0 Å². The van der Waals surface area contributed by atoms with Crippen LogP contribution in [0.15, 0.2) is 24.2 Å². The predicted molar refractivity (Wildman–Crippen MR) is 42.4 cm³/mol. The lowest BCUT2D eigenvalue weighted by molar-refractivity contribution is 0.0526. The zero-order chi connectivity index (χ0) is 10.7. The molecule has 0 fully saturated rings. The van der Waals surface area contributed by atoms with Crippen molar-refractivity contribution in [2.75, 3.05) is 6.61 Å². The van der Waals surface area contributed by atoms with Crippen LogP contribution in [0.2, 0.25) is 0 Å². The van der Waals surface area contributed by atoms with Crippen molar-refractivity contribution in [3.63, 3.8) is 0 Å². The summed E-state index contributed by atoms with van der Waals surface area (Å²) in [4.78, 5) is 11.2. The van der Waals surface area contributed by atoms with E-state index in [4.69, 9.17) is 2.74 Å². The van der Waals surface area contributed by atoms with E-state index < -0.39 is 11.8 Å². The van der Waals surface area contributed by atoms with Crippen molar-refractivity contribution < 1.29 is 16.7 Å². The Morgan fingerprint density at radius 2 is 2.25 bits per heavy atom. The standard InChI is InChI=1S/C9H9FO2/c1-2-12-9(11)7-3-5-8(10)6-4-7/h3-6H,2H2,1H3/i3D,4D. The first-order valence-corrected chi connectivity index (χ1v) is 3.50. The van der Waals surface area contributed by atoms with E-state index in [2.05, 4.69) is 4.74 Å². The molecule has 64 valence electrons. The fraction of sp³-hybridized carbons (Fsp3) is 0.222. The molecule has 3 heteroatoms. The number of esters is 1. The van der Waals surface area contributed by atoms with Crippen LogP contribution in [0.4, 0.5) is 4.39 Å². The van der Waals surface area contributed by atoms with E-state index in [0.29, 0.717) is 0 Å². The number of rotatable bonds is 2. The van der Waals surface area contributed by atoms with Crippen molar-refractivity contribution >= 4 is 5.97 Å². The van der Waals surface area contributed by atoms with Crippen molar-refractivity contribution in [1.29, 1.82) is 0 Å². The van der Waals surface area contributed by atoms with Crippen molar-refractivity contribution in [2.45, 2.75) is 6.92 Å². The maximum absolute atomic E-state index is 12.7. The molecule has 0 aliphatic heterocycles. The number of carbonyl (C=O) groups excluding carboxylic acids is 1. The predicted octanol–water partition coefficient (Wildman–Crippen LogP) is 2.00. The molecule has 0 aliphatic rings. The lowest BCUT2D eigenvalue weighted by Crippen LogP contribution is -2.03. The number of carbonyl (C=O) groups is 1. The second-order valence-electron chi connectivity index (χ2n) is 2.06. The highest BCUT2D eigenvalue weighted by molar-refractivity contribution is 5.89. The minimum atomic E-state index is -0.762. The summed E-state index contributed by atoms with van der Waals surface area (Å²) in [7, 11) is 0. The molecule has 0 saturated heterocycles. The minimum absolute atomic E-state index is 0.162. The molecule has 0 radical (unpaired) electrons. The molecule has 2 nitrogen and oxygen atoms in total. The second-order valence-corrected chi connectivity index (χ2v) is 2.06. The molecule has 0 heterocycles. The third-order valence-electron chi connectivity index (χ3n) is 1.19. The molecule has 0 bridgehead atoms. The van der Waals surface area contributed by atoms with Crippen LogP contribution in [0, 0.1) is 5.82 Å². The van der Waals surface area contributed by atoms with Gasteiger partial charge in [-0.15, -0.1) is 0 Å². The highest BCUT2D eigenvalue weighted by atomic mass is 19.1. The molecule has 0 spiro atoms. The first kappa shape index (κ1) is 6.17. The normalized spacial score (nSPS) is 11.8. The Morgan fingerprint density at radius 1 is 1.67 bits per heavy atom. The molecular formula is C9H9FO2. The van der Waals surface area contributed by atoms with E-state index >= 15 is 0 Å². The molecule has 1 aromatic carbocycles. The number of benzene rings is 1. The van der Waals surface area contributed by atoms with Crippen LogP contribution in [0.25, 0.3) is 0 Å². The third-order valence-corrected chi connectivity index (χ3v) is 1.19. The Kier molecular flexibility index (Phi) is 1.98. The summed E-state index contributed by atoms with van der Waals surface area (Å²) in [6, 6.07) is 1.11. The van der Waals surface area contributed by atoms with E-state index in [1.54, 1.807) is 6.92 Å². The largest absolute Gasteiger partial charge is 0.462 e. The van der Waals surface area contributed by atoms with Crippen LogP contribution >= 0.6 is 0 Å². The number of ether oxygens (including phenoxy) is 1. The maximum atomic E-state index is 12.7. The van der Waals surface area contributed by atoms with E-state index in [-0.39, 0.29) is 24.3 Å². The zero-order valence-corrected chi connectivity index (χ0v) is 6.56. The average molecular weight is 170 g/mol. The van der Waals surface area contributed by atoms with Crippen LogP contribution in [-0.4, -0.2) is 12.6 Å². The highest BCUT2D eigenvalue weighted by Gasteiger charge is 2.04. The first-order chi connectivity index (χ1) is 6.56. The molecule has 0 N–H and O–H groups in total. The third kappa shape index (κ3) is 2.05. The summed E-state index contributed by atoms with van der Waals surface area (Å²) >= 11 is 0. The van der Waals surface area contributed by atoms with Crippen LogP contribution in [0.3, 0.4) is 0 Å². The quantitative estimate of drug-likeness (QED) is 0.634. The van der Waals surface area contributed by atoms with Crippen molar-refractivity contribution in [2.24, 2.45) is 0 Å². The Bertz CT molecular complexity index is 343. The zero-order valence-electron chi connectivity index (χ0n) is 8.56. The van der Waals surface area contributed by atoms with E-state index in [1.807, 2.05) is 0 Å². The van der Waals surface area contributed by atoms with Gasteiger partial charge in [-0.25, -0.2) is 9.18 Å². The number of halogens is 1. The van der Waals surface area contributed by atoms with Gasteiger partial charge in [0.05, 0.1) is 14.9 Å². The fourth-order valence-electron chi connectivity index (χ4n) is 0.687. The van der Waals surface area contributed by atoms with Gasteiger partial charge in [-0.1, -0.05) is 0 Å². The molecular weight excluding hydrogens is 159 g/mol. The highest BCUT2D eigenvalue weighted by Crippen LogP contribution is 2.03. The number of hydrogen-bond donors (Lipinski definition) is 0. The molecule has 0 aromatic heterocycles. The average Bonchev–Trinajstić information content (AvgIpc) is 2.01. The summed E-state index contributed by atoms with van der Waals surface area (Å²) in [6.07, 6.45) is 0. The monoisotopic (exact) mass is 170 g/mol. The fourth-order valence-corrected chi connectivity index (χ4v) is 0.687. The lowest BCUT2D eigenvalue weighted by Gasteiger charge is -1.99. The smallest absolute Gasteiger partial charge is 0.338 e. The Morgan fingerprint density at radius 3 is 2.75 bits per heavy atom. The SMILES string of the molecule is [2H]c1cc(F)cc([2H])c1C(=O)OCC. The number of hydrogen-bond acceptors (Lipinski definition) is 2. The first-order valence-electron chi connectivity index (χ1n) is 4.50. The Balaban J connectivity index is 3.14. The summed E-state index contributed by atoms with van der Waals surface area (Å²) in [5, 5.41) is 0. The van der Waals surface area contributed by atoms with Gasteiger partial charge >= 0.3 is 5.97 Å². The van der Waals surface area contributed by atoms with Gasteiger partial charge in [0.2, 0.25) is 0 Å². The van der Waals surface area contributed by atoms with Gasteiger partial charge in [0, 0.05) is 0 Å². The summed E-state index contributed by atoms with van der Waals surface area (Å²) in [6.45, 7) is 1.78. The maximum Gasteiger partial charge on any atom is 0.338 e. The topological polar surface area (TPSA) is 26.3 Å². The van der Waals surface area contributed by atoms with Gasteiger partial charge in [0.15, 0.2) is 0 Å². The Labute approximate surface area is 72.8 Å². The van der Waals surface area contributed by atoms with Crippen molar-refractivity contribution in [3.05, 3.63) is 35.6 Å². The van der Waals surface area contributed by atoms with Crippen LogP contribution in [0.1, 0.15) is 20.0 Å². The van der Waals surface area contributed by atoms with Crippen molar-refractivity contribution in [3.8, 4) is 0 Å². The van der Waals surface area contributed by atoms with Gasteiger partial charge < -0.3 is 4.74 Å². The van der Waals surface area contributed by atoms with E-state index in [0.717, 1.165) is 12.1 Å². The van der Waals surface area contributed by atoms with Gasteiger partial charge in [-0.05, 0) is 31.1 Å². The molecule has 0 saturated carbocycles. The van der Waals surface area contributed by atoms with Gasteiger partial charge in [-0.3, -0.25) is 0 Å². The molecule has 1 rings (SSSR count). The minimum Gasteiger partial charge on any atom is -0.462 e. The lowest BCUT2D eigenvalue weighted by atomic mass is 10.2. The molecule has 0 amide bonds. The summed E-state index contributed by atoms with van der Waals surface area (Å²) in [5.74, 6) is -1.46. The molecule has 0 atom stereocenters. The second kappa shape index (κ2) is 3.85. The molecule has 0 unspecified atom stereocenters. The summed E-state index contributed by atoms with van der Waals surface area (Å²) in [5.41, 5.74) is -0.201. The van der Waals surface area contributed by atoms with Crippen LogP contribution < -0.4 is 0 Å². The van der Waals surface area contributed by atoms with Gasteiger partial charge in [0.1, 0.15) is 5.82 Å². The van der Waals surface area contributed by atoms with Gasteiger partial charge in [0.25, 0.3) is 0 Å². The van der Waals surface area contributed by atoms with Crippen molar-refractivity contribution in [1.82, 2.24) is 0 Å². The van der Waals surface area contributed by atoms with E-state index in [1.165, 1.54) is 0 Å². The van der Waals surface area contributed by atoms with Crippen LogP contribution in [-0.2, 0) is 4.74 Å². The van der Waals surface area contributed by atoms with Gasteiger partial charge in [-0.2, -0.15) is 0 Å². The molecule has 12 heavy (non-hydrogen) atoms. The Hall–Kier alpha value is -1.38.